The Morgan fingerprint density at radius 1 is 0.460 bits per heavy atom. The Hall–Kier alpha value is -6.21. The summed E-state index contributed by atoms with van der Waals surface area (Å²) >= 11 is 0. The molecule has 0 N–H and O–H groups in total. The topological polar surface area (TPSA) is 90.7 Å². The molecule has 0 aliphatic carbocycles. The SMILES string of the molecule is CC(C)c1nc(-c2c(-c3ccccc3)oc3ccc(-c4cc5oc6cccc7c8nc9ccccc9nc8c(c4)c5c67)cc23)nc(C(C)C)n1. The third kappa shape index (κ3) is 4.26. The molecule has 0 saturated heterocycles. The molecule has 10 rings (SSSR count). The minimum absolute atomic E-state index is 0.138. The van der Waals surface area contributed by atoms with Crippen molar-refractivity contribution in [2.75, 3.05) is 0 Å². The van der Waals surface area contributed by atoms with Crippen LogP contribution in [0.4, 0.5) is 0 Å². The second-order valence-electron chi connectivity index (χ2n) is 13.7. The van der Waals surface area contributed by atoms with Crippen LogP contribution in [-0.4, -0.2) is 24.9 Å². The molecule has 4 aromatic heterocycles. The Balaban J connectivity index is 1.26. The third-order valence-electron chi connectivity index (χ3n) is 9.66. The largest absolute Gasteiger partial charge is 0.456 e. The molecule has 0 radical (unpaired) electrons. The van der Waals surface area contributed by atoms with Crippen molar-refractivity contribution in [1.82, 2.24) is 24.9 Å². The van der Waals surface area contributed by atoms with Gasteiger partial charge < -0.3 is 8.83 Å². The molecule has 0 aliphatic heterocycles. The molecule has 0 aliphatic rings. The van der Waals surface area contributed by atoms with Crippen molar-refractivity contribution < 1.29 is 8.83 Å². The second kappa shape index (κ2) is 10.6. The minimum Gasteiger partial charge on any atom is -0.456 e. The smallest absolute Gasteiger partial charge is 0.167 e. The lowest BCUT2D eigenvalue weighted by Gasteiger charge is -2.12. The molecule has 0 fully saturated rings. The molecule has 10 aromatic rings. The van der Waals surface area contributed by atoms with Crippen LogP contribution in [0.25, 0.3) is 99.6 Å². The van der Waals surface area contributed by atoms with Crippen molar-refractivity contribution in [2.45, 2.75) is 39.5 Å². The molecule has 0 spiro atoms. The molecule has 240 valence electrons. The number of fused-ring (bicyclic) bond motifs is 5. The highest BCUT2D eigenvalue weighted by atomic mass is 16.3. The lowest BCUT2D eigenvalue weighted by atomic mass is 9.94. The summed E-state index contributed by atoms with van der Waals surface area (Å²) in [5.41, 5.74) is 9.73. The lowest BCUT2D eigenvalue weighted by molar-refractivity contribution is 0.631. The minimum atomic E-state index is 0.138. The highest BCUT2D eigenvalue weighted by Gasteiger charge is 2.25. The number of hydrogen-bond acceptors (Lipinski definition) is 7. The van der Waals surface area contributed by atoms with Crippen molar-refractivity contribution in [3.63, 3.8) is 0 Å². The van der Waals surface area contributed by atoms with Crippen LogP contribution >= 0.6 is 0 Å². The summed E-state index contributed by atoms with van der Waals surface area (Å²) in [6, 6.07) is 35.1. The molecule has 7 nitrogen and oxygen atoms in total. The molecule has 7 heteroatoms. The van der Waals surface area contributed by atoms with Gasteiger partial charge in [-0.25, -0.2) is 24.9 Å². The first-order chi connectivity index (χ1) is 24.4. The zero-order valence-corrected chi connectivity index (χ0v) is 28.0. The summed E-state index contributed by atoms with van der Waals surface area (Å²) in [6.07, 6.45) is 0. The second-order valence-corrected chi connectivity index (χ2v) is 13.7. The number of nitrogens with zero attached hydrogens (tertiary/aromatic N) is 5. The highest BCUT2D eigenvalue weighted by molar-refractivity contribution is 6.32. The van der Waals surface area contributed by atoms with E-state index < -0.39 is 0 Å². The zero-order chi connectivity index (χ0) is 33.7. The van der Waals surface area contributed by atoms with E-state index in [4.69, 9.17) is 33.8 Å². The molecule has 50 heavy (non-hydrogen) atoms. The predicted molar refractivity (Wildman–Crippen MR) is 201 cm³/mol. The first kappa shape index (κ1) is 28.8. The van der Waals surface area contributed by atoms with Crippen LogP contribution < -0.4 is 0 Å². The molecule has 0 atom stereocenters. The summed E-state index contributed by atoms with van der Waals surface area (Å²) < 4.78 is 13.2. The number of benzene rings is 6. The molecule has 6 aromatic carbocycles. The van der Waals surface area contributed by atoms with E-state index in [2.05, 4.69) is 70.2 Å². The molecular weight excluding hydrogens is 619 g/mol. The molecule has 0 saturated carbocycles. The molecule has 0 bridgehead atoms. The third-order valence-corrected chi connectivity index (χ3v) is 9.66. The molecular formula is C43H31N5O2. The Labute approximate surface area is 287 Å². The quantitative estimate of drug-likeness (QED) is 0.135. The van der Waals surface area contributed by atoms with Gasteiger partial charge in [0.1, 0.15) is 34.2 Å². The average molecular weight is 650 g/mol. The van der Waals surface area contributed by atoms with E-state index in [1.165, 1.54) is 0 Å². The summed E-state index contributed by atoms with van der Waals surface area (Å²) in [5.74, 6) is 3.17. The van der Waals surface area contributed by atoms with Crippen LogP contribution in [0.15, 0.2) is 112 Å². The van der Waals surface area contributed by atoms with E-state index in [0.29, 0.717) is 5.82 Å². The van der Waals surface area contributed by atoms with E-state index in [1.807, 2.05) is 60.7 Å². The van der Waals surface area contributed by atoms with Crippen LogP contribution in [0, 0.1) is 0 Å². The van der Waals surface area contributed by atoms with E-state index in [9.17, 15) is 0 Å². The van der Waals surface area contributed by atoms with Crippen molar-refractivity contribution in [3.8, 4) is 33.8 Å². The molecule has 4 heterocycles. The van der Waals surface area contributed by atoms with Crippen molar-refractivity contribution >= 4 is 65.7 Å². The normalized spacial score (nSPS) is 12.4. The summed E-state index contributed by atoms with van der Waals surface area (Å²) in [7, 11) is 0. The lowest BCUT2D eigenvalue weighted by Crippen LogP contribution is -2.08. The maximum Gasteiger partial charge on any atom is 0.167 e. The van der Waals surface area contributed by atoms with E-state index >= 15 is 0 Å². The Kier molecular flexibility index (Phi) is 6.12. The number of rotatable bonds is 5. The van der Waals surface area contributed by atoms with Gasteiger partial charge in [-0.3, -0.25) is 0 Å². The van der Waals surface area contributed by atoms with E-state index in [0.717, 1.165) is 105 Å². The fourth-order valence-corrected chi connectivity index (χ4v) is 7.20. The van der Waals surface area contributed by atoms with Crippen molar-refractivity contribution in [1.29, 1.82) is 0 Å². The molecule has 0 amide bonds. The van der Waals surface area contributed by atoms with Gasteiger partial charge in [0.25, 0.3) is 0 Å². The van der Waals surface area contributed by atoms with Gasteiger partial charge in [0.2, 0.25) is 0 Å². The summed E-state index contributed by atoms with van der Waals surface area (Å²) in [4.78, 5) is 25.2. The Morgan fingerprint density at radius 3 is 1.84 bits per heavy atom. The van der Waals surface area contributed by atoms with Gasteiger partial charge >= 0.3 is 0 Å². The van der Waals surface area contributed by atoms with Crippen LogP contribution in [-0.2, 0) is 0 Å². The van der Waals surface area contributed by atoms with Gasteiger partial charge in [0.05, 0.1) is 27.6 Å². The van der Waals surface area contributed by atoms with Gasteiger partial charge in [-0.1, -0.05) is 88.4 Å². The van der Waals surface area contributed by atoms with Gasteiger partial charge in [0.15, 0.2) is 5.82 Å². The van der Waals surface area contributed by atoms with Crippen LogP contribution in [0.3, 0.4) is 0 Å². The fraction of sp³-hybridized carbons (Fsp3) is 0.140. The summed E-state index contributed by atoms with van der Waals surface area (Å²) in [5, 5.41) is 5.15. The van der Waals surface area contributed by atoms with Gasteiger partial charge in [0, 0.05) is 44.3 Å². The van der Waals surface area contributed by atoms with Gasteiger partial charge in [-0.15, -0.1) is 0 Å². The van der Waals surface area contributed by atoms with E-state index in [1.54, 1.807) is 0 Å². The van der Waals surface area contributed by atoms with Crippen LogP contribution in [0.1, 0.15) is 51.2 Å². The average Bonchev–Trinajstić information content (AvgIpc) is 3.72. The van der Waals surface area contributed by atoms with E-state index in [-0.39, 0.29) is 11.8 Å². The maximum absolute atomic E-state index is 6.64. The predicted octanol–water partition coefficient (Wildman–Crippen LogP) is 11.5. The first-order valence-electron chi connectivity index (χ1n) is 17.1. The van der Waals surface area contributed by atoms with Gasteiger partial charge in [-0.05, 0) is 53.6 Å². The number of aromatic nitrogens is 5. The Bertz CT molecular complexity index is 2910. The zero-order valence-electron chi connectivity index (χ0n) is 28.0. The maximum atomic E-state index is 6.64. The van der Waals surface area contributed by atoms with Crippen molar-refractivity contribution in [2.24, 2.45) is 0 Å². The number of hydrogen-bond donors (Lipinski definition) is 0. The van der Waals surface area contributed by atoms with Crippen LogP contribution in [0.5, 0.6) is 0 Å². The molecule has 0 unspecified atom stereocenters. The number of para-hydroxylation sites is 2. The van der Waals surface area contributed by atoms with Crippen molar-refractivity contribution in [3.05, 3.63) is 115 Å². The number of furan rings is 2. The van der Waals surface area contributed by atoms with Gasteiger partial charge in [-0.2, -0.15) is 0 Å². The first-order valence-corrected chi connectivity index (χ1v) is 17.1. The monoisotopic (exact) mass is 649 g/mol. The fourth-order valence-electron chi connectivity index (χ4n) is 7.20. The standard InChI is InChI=1S/C43H31N5O2/c1-22(2)41-46-42(23(3)4)48-43(47-41)37-28-19-25(17-18-32(28)50-40(37)24-11-6-5-7-12-24)26-20-29-36-34(21-26)49-33-16-10-13-27(35(33)36)38-39(29)45-31-15-9-8-14-30(31)44-38/h5-23H,1-4H3. The Morgan fingerprint density at radius 2 is 1.12 bits per heavy atom. The summed E-state index contributed by atoms with van der Waals surface area (Å²) in [6.45, 7) is 8.45. The van der Waals surface area contributed by atoms with Crippen LogP contribution in [0.2, 0.25) is 0 Å². The highest BCUT2D eigenvalue weighted by Crippen LogP contribution is 2.45.